The third kappa shape index (κ3) is 2.54. The molecule has 1 aliphatic rings. The lowest BCUT2D eigenvalue weighted by atomic mass is 10.1. The zero-order chi connectivity index (χ0) is 15.0. The van der Waals surface area contributed by atoms with E-state index in [4.69, 9.17) is 5.73 Å². The van der Waals surface area contributed by atoms with Gasteiger partial charge in [0, 0.05) is 29.2 Å². The van der Waals surface area contributed by atoms with Crippen LogP contribution in [0.1, 0.15) is 16.7 Å². The highest BCUT2D eigenvalue weighted by molar-refractivity contribution is 5.74. The Morgan fingerprint density at radius 3 is 2.86 bits per heavy atom. The first-order chi connectivity index (χ1) is 10.0. The summed E-state index contributed by atoms with van der Waals surface area (Å²) in [5.41, 5.74) is 10.9. The van der Waals surface area contributed by atoms with Gasteiger partial charge in [-0.15, -0.1) is 0 Å². The van der Waals surface area contributed by atoms with Gasteiger partial charge in [0.25, 0.3) is 0 Å². The van der Waals surface area contributed by atoms with Crippen LogP contribution in [0, 0.1) is 19.7 Å². The highest BCUT2D eigenvalue weighted by Gasteiger charge is 2.10. The average Bonchev–Trinajstić information content (AvgIpc) is 2.92. The number of nitrogens with two attached hydrogens (primary N) is 1. The highest BCUT2D eigenvalue weighted by atomic mass is 19.1. The predicted molar refractivity (Wildman–Crippen MR) is 81.2 cm³/mol. The Bertz CT molecular complexity index is 756. The van der Waals surface area contributed by atoms with Gasteiger partial charge in [-0.3, -0.25) is 0 Å². The maximum atomic E-state index is 13.5. The van der Waals surface area contributed by atoms with Gasteiger partial charge in [-0.2, -0.15) is 5.10 Å². The van der Waals surface area contributed by atoms with Crippen molar-refractivity contribution in [3.63, 3.8) is 0 Å². The van der Waals surface area contributed by atoms with Gasteiger partial charge in [0.15, 0.2) is 0 Å². The molecule has 0 bridgehead atoms. The van der Waals surface area contributed by atoms with Gasteiger partial charge in [-0.25, -0.2) is 9.07 Å². The number of hydrogen-bond acceptors (Lipinski definition) is 3. The van der Waals surface area contributed by atoms with E-state index in [1.165, 1.54) is 6.07 Å². The molecule has 21 heavy (non-hydrogen) atoms. The molecule has 0 fully saturated rings. The van der Waals surface area contributed by atoms with Gasteiger partial charge in [-0.1, -0.05) is 0 Å². The quantitative estimate of drug-likeness (QED) is 0.890. The maximum absolute atomic E-state index is 13.5. The Kier molecular flexibility index (Phi) is 3.25. The summed E-state index contributed by atoms with van der Waals surface area (Å²) in [5, 5.41) is 7.49. The number of benzene rings is 1. The number of nitrogens with zero attached hydrogens (tertiary/aromatic N) is 2. The molecule has 0 saturated carbocycles. The summed E-state index contributed by atoms with van der Waals surface area (Å²) in [6.45, 7) is 4.28. The van der Waals surface area contributed by atoms with Crippen molar-refractivity contribution in [1.82, 2.24) is 15.1 Å². The summed E-state index contributed by atoms with van der Waals surface area (Å²) in [6, 6.07) is 3.34. The van der Waals surface area contributed by atoms with Crippen LogP contribution in [0.2, 0.25) is 0 Å². The van der Waals surface area contributed by atoms with Crippen molar-refractivity contribution < 1.29 is 4.39 Å². The van der Waals surface area contributed by atoms with Gasteiger partial charge >= 0.3 is 0 Å². The van der Waals surface area contributed by atoms with Crippen LogP contribution in [0.5, 0.6) is 0 Å². The molecule has 2 heterocycles. The molecule has 0 saturated heterocycles. The minimum absolute atomic E-state index is 0.196. The van der Waals surface area contributed by atoms with Crippen LogP contribution in [-0.4, -0.2) is 16.3 Å². The Balaban J connectivity index is 1.99. The van der Waals surface area contributed by atoms with Gasteiger partial charge in [-0.05, 0) is 43.2 Å². The highest BCUT2D eigenvalue weighted by Crippen LogP contribution is 2.22. The van der Waals surface area contributed by atoms with Gasteiger partial charge in [0.1, 0.15) is 5.82 Å². The molecule has 0 radical (unpaired) electrons. The normalized spacial score (nSPS) is 14.4. The van der Waals surface area contributed by atoms with Crippen LogP contribution in [0.25, 0.3) is 11.3 Å². The van der Waals surface area contributed by atoms with Crippen LogP contribution < -0.4 is 11.1 Å². The number of aryl methyl sites for hydroxylation is 2. The fraction of sp³-hybridized carbons (Fsp3) is 0.188. The van der Waals surface area contributed by atoms with Gasteiger partial charge < -0.3 is 11.1 Å². The summed E-state index contributed by atoms with van der Waals surface area (Å²) in [5.74, 6) is -0.196. The number of allylic oxidation sites excluding steroid dienone is 2. The van der Waals surface area contributed by atoms with E-state index in [-0.39, 0.29) is 5.82 Å². The van der Waals surface area contributed by atoms with Crippen molar-refractivity contribution >= 4 is 5.57 Å². The smallest absolute Gasteiger partial charge is 0.126 e. The number of dihydropyridines is 1. The average molecular weight is 284 g/mol. The standard InChI is InChI=1S/C16H17FN4/c1-10-4-16(11(2)3-15(10)17)21-9-13(7-20-21)12-5-14(18)8-19-6-12/h3-7,9,19H,8,18H2,1-2H3. The van der Waals surface area contributed by atoms with E-state index in [0.29, 0.717) is 12.1 Å². The summed E-state index contributed by atoms with van der Waals surface area (Å²) in [4.78, 5) is 0. The van der Waals surface area contributed by atoms with Crippen LogP contribution in [0.15, 0.2) is 42.5 Å². The largest absolute Gasteiger partial charge is 0.401 e. The van der Waals surface area contributed by atoms with E-state index in [1.54, 1.807) is 23.9 Å². The molecular weight excluding hydrogens is 267 g/mol. The molecular formula is C16H17FN4. The molecule has 0 unspecified atom stereocenters. The molecule has 1 aliphatic heterocycles. The van der Waals surface area contributed by atoms with Crippen molar-refractivity contribution in [2.45, 2.75) is 13.8 Å². The minimum atomic E-state index is -0.196. The predicted octanol–water partition coefficient (Wildman–Crippen LogP) is 2.41. The number of aromatic nitrogens is 2. The molecule has 108 valence electrons. The molecule has 0 aliphatic carbocycles. The van der Waals surface area contributed by atoms with Crippen molar-refractivity contribution in [2.75, 3.05) is 6.54 Å². The van der Waals surface area contributed by atoms with Gasteiger partial charge in [0.2, 0.25) is 0 Å². The first kappa shape index (κ1) is 13.4. The monoisotopic (exact) mass is 284 g/mol. The van der Waals surface area contributed by atoms with Crippen molar-refractivity contribution in [2.24, 2.45) is 5.73 Å². The third-order valence-electron chi connectivity index (χ3n) is 3.54. The Labute approximate surface area is 122 Å². The SMILES string of the molecule is Cc1cc(-n2cc(C3=CNCC(N)=C3)cn2)c(C)cc1F. The molecule has 1 aromatic heterocycles. The Hall–Kier alpha value is -2.56. The number of halogens is 1. The van der Waals surface area contributed by atoms with Crippen LogP contribution in [-0.2, 0) is 0 Å². The second kappa shape index (κ2) is 5.09. The fourth-order valence-corrected chi connectivity index (χ4v) is 2.35. The lowest BCUT2D eigenvalue weighted by Gasteiger charge is -2.11. The first-order valence-corrected chi connectivity index (χ1v) is 6.76. The van der Waals surface area contributed by atoms with Crippen LogP contribution in [0.4, 0.5) is 4.39 Å². The van der Waals surface area contributed by atoms with Crippen molar-refractivity contribution in [3.8, 4) is 5.69 Å². The van der Waals surface area contributed by atoms with Crippen molar-refractivity contribution in [3.05, 3.63) is 65.0 Å². The molecule has 0 atom stereocenters. The zero-order valence-corrected chi connectivity index (χ0v) is 12.0. The Morgan fingerprint density at radius 1 is 1.29 bits per heavy atom. The molecule has 4 nitrogen and oxygen atoms in total. The van der Waals surface area contributed by atoms with E-state index in [2.05, 4.69) is 10.4 Å². The Morgan fingerprint density at radius 2 is 2.10 bits per heavy atom. The lowest BCUT2D eigenvalue weighted by Crippen LogP contribution is -2.19. The van der Waals surface area contributed by atoms with Gasteiger partial charge in [0.05, 0.1) is 18.4 Å². The molecule has 0 spiro atoms. The summed E-state index contributed by atoms with van der Waals surface area (Å²) in [6.07, 6.45) is 7.55. The molecule has 2 aromatic rings. The number of rotatable bonds is 2. The maximum Gasteiger partial charge on any atom is 0.126 e. The molecule has 1 aromatic carbocycles. The summed E-state index contributed by atoms with van der Waals surface area (Å²) >= 11 is 0. The fourth-order valence-electron chi connectivity index (χ4n) is 2.35. The van der Waals surface area contributed by atoms with Crippen molar-refractivity contribution in [1.29, 1.82) is 0 Å². The second-order valence-electron chi connectivity index (χ2n) is 5.26. The topological polar surface area (TPSA) is 55.9 Å². The van der Waals surface area contributed by atoms with E-state index in [9.17, 15) is 4.39 Å². The zero-order valence-electron chi connectivity index (χ0n) is 12.0. The van der Waals surface area contributed by atoms with E-state index in [0.717, 1.165) is 28.1 Å². The second-order valence-corrected chi connectivity index (χ2v) is 5.26. The third-order valence-corrected chi connectivity index (χ3v) is 3.54. The van der Waals surface area contributed by atoms with E-state index >= 15 is 0 Å². The molecule has 3 N–H and O–H groups in total. The van der Waals surface area contributed by atoms with Crippen LogP contribution >= 0.6 is 0 Å². The van der Waals surface area contributed by atoms with E-state index in [1.807, 2.05) is 25.4 Å². The van der Waals surface area contributed by atoms with E-state index < -0.39 is 0 Å². The first-order valence-electron chi connectivity index (χ1n) is 6.76. The number of hydrogen-bond donors (Lipinski definition) is 2. The number of nitrogens with one attached hydrogen (secondary N) is 1. The molecule has 5 heteroatoms. The lowest BCUT2D eigenvalue weighted by molar-refractivity contribution is 0.616. The summed E-state index contributed by atoms with van der Waals surface area (Å²) < 4.78 is 15.3. The molecule has 3 rings (SSSR count). The summed E-state index contributed by atoms with van der Waals surface area (Å²) in [7, 11) is 0. The minimum Gasteiger partial charge on any atom is -0.401 e. The molecule has 0 amide bonds. The van der Waals surface area contributed by atoms with Crippen LogP contribution in [0.3, 0.4) is 0 Å².